The number of rotatable bonds is 3. The molecule has 4 heteroatoms. The van der Waals surface area contributed by atoms with E-state index in [0.717, 1.165) is 24.7 Å². The van der Waals surface area contributed by atoms with Crippen LogP contribution in [0.5, 0.6) is 0 Å². The molecule has 4 atom stereocenters. The van der Waals surface area contributed by atoms with E-state index >= 15 is 0 Å². The van der Waals surface area contributed by atoms with Crippen LogP contribution < -0.4 is 5.73 Å². The van der Waals surface area contributed by atoms with Gasteiger partial charge in [0.1, 0.15) is 5.82 Å². The van der Waals surface area contributed by atoms with Crippen LogP contribution in [-0.2, 0) is 0 Å². The van der Waals surface area contributed by atoms with Crippen molar-refractivity contribution < 1.29 is 4.39 Å². The van der Waals surface area contributed by atoms with E-state index in [0.29, 0.717) is 6.04 Å². The van der Waals surface area contributed by atoms with Crippen LogP contribution in [0.3, 0.4) is 0 Å². The van der Waals surface area contributed by atoms with E-state index in [1.165, 1.54) is 31.4 Å². The summed E-state index contributed by atoms with van der Waals surface area (Å²) in [6.45, 7) is 4.41. The highest BCUT2D eigenvalue weighted by Crippen LogP contribution is 2.30. The molecule has 2 N–H and O–H groups in total. The van der Waals surface area contributed by atoms with Crippen LogP contribution in [0.1, 0.15) is 37.8 Å². The lowest BCUT2D eigenvalue weighted by Crippen LogP contribution is -2.45. The fourth-order valence-electron chi connectivity index (χ4n) is 3.90. The first-order chi connectivity index (χ1) is 10.1. The van der Waals surface area contributed by atoms with Crippen molar-refractivity contribution in [3.8, 4) is 0 Å². The van der Waals surface area contributed by atoms with Crippen molar-refractivity contribution in [2.24, 2.45) is 5.73 Å². The van der Waals surface area contributed by atoms with Gasteiger partial charge in [-0.3, -0.25) is 9.80 Å². The minimum Gasteiger partial charge on any atom is -0.323 e. The van der Waals surface area contributed by atoms with E-state index < -0.39 is 0 Å². The van der Waals surface area contributed by atoms with Gasteiger partial charge in [-0.15, -0.1) is 0 Å². The van der Waals surface area contributed by atoms with Crippen LogP contribution in [0.15, 0.2) is 24.3 Å². The molecule has 0 spiro atoms. The van der Waals surface area contributed by atoms with Gasteiger partial charge in [-0.05, 0) is 50.9 Å². The van der Waals surface area contributed by atoms with Gasteiger partial charge in [-0.25, -0.2) is 4.39 Å². The first-order valence-electron chi connectivity index (χ1n) is 8.03. The van der Waals surface area contributed by atoms with E-state index in [2.05, 4.69) is 23.8 Å². The molecule has 0 saturated carbocycles. The Bertz CT molecular complexity index is 475. The van der Waals surface area contributed by atoms with Crippen LogP contribution in [0.2, 0.25) is 0 Å². The van der Waals surface area contributed by atoms with Crippen molar-refractivity contribution in [1.82, 2.24) is 9.80 Å². The Hall–Kier alpha value is -0.970. The average molecular weight is 291 g/mol. The second kappa shape index (κ2) is 6.03. The van der Waals surface area contributed by atoms with Gasteiger partial charge < -0.3 is 5.73 Å². The Balaban J connectivity index is 1.69. The van der Waals surface area contributed by atoms with Crippen LogP contribution in [-0.4, -0.2) is 48.1 Å². The Kier molecular flexibility index (Phi) is 4.29. The van der Waals surface area contributed by atoms with Crippen LogP contribution in [0.4, 0.5) is 4.39 Å². The van der Waals surface area contributed by atoms with E-state index in [-0.39, 0.29) is 17.9 Å². The monoisotopic (exact) mass is 291 g/mol. The summed E-state index contributed by atoms with van der Waals surface area (Å²) in [5, 5.41) is 0. The molecule has 4 unspecified atom stereocenters. The van der Waals surface area contributed by atoms with Crippen molar-refractivity contribution >= 4 is 0 Å². The molecule has 0 aliphatic carbocycles. The molecule has 21 heavy (non-hydrogen) atoms. The Labute approximate surface area is 126 Å². The van der Waals surface area contributed by atoms with E-state index in [1.54, 1.807) is 0 Å². The van der Waals surface area contributed by atoms with Gasteiger partial charge in [0, 0.05) is 37.3 Å². The van der Waals surface area contributed by atoms with Crippen molar-refractivity contribution in [3.63, 3.8) is 0 Å². The summed E-state index contributed by atoms with van der Waals surface area (Å²) in [4.78, 5) is 5.07. The SMILES string of the molecule is CC(C(N)c1ccc(F)cc1)N1CCC2CCC(C1)N2C. The minimum absolute atomic E-state index is 0.0625. The van der Waals surface area contributed by atoms with Gasteiger partial charge in [0.25, 0.3) is 0 Å². The molecule has 2 saturated heterocycles. The average Bonchev–Trinajstić information content (AvgIpc) is 2.71. The zero-order valence-corrected chi connectivity index (χ0v) is 13.0. The number of halogens is 1. The maximum absolute atomic E-state index is 13.0. The molecular weight excluding hydrogens is 265 g/mol. The second-order valence-corrected chi connectivity index (χ2v) is 6.65. The molecule has 2 fully saturated rings. The number of nitrogens with zero attached hydrogens (tertiary/aromatic N) is 2. The lowest BCUT2D eigenvalue weighted by Gasteiger charge is -2.34. The summed E-state index contributed by atoms with van der Waals surface area (Å²) in [7, 11) is 2.26. The second-order valence-electron chi connectivity index (χ2n) is 6.65. The third kappa shape index (κ3) is 2.98. The molecule has 0 aromatic heterocycles. The summed E-state index contributed by atoms with van der Waals surface area (Å²) in [6.07, 6.45) is 3.87. The first kappa shape index (κ1) is 14.9. The van der Waals surface area contributed by atoms with Gasteiger partial charge >= 0.3 is 0 Å². The fraction of sp³-hybridized carbons (Fsp3) is 0.647. The standard InChI is InChI=1S/C17H26FN3/c1-12(17(19)13-3-5-14(18)6-4-13)21-10-9-15-7-8-16(11-21)20(15)2/h3-6,12,15-17H,7-11,19H2,1-2H3. The van der Waals surface area contributed by atoms with E-state index in [9.17, 15) is 4.39 Å². The molecule has 2 bridgehead atoms. The highest BCUT2D eigenvalue weighted by molar-refractivity contribution is 5.21. The number of benzene rings is 1. The van der Waals surface area contributed by atoms with Crippen LogP contribution in [0, 0.1) is 5.82 Å². The van der Waals surface area contributed by atoms with Crippen molar-refractivity contribution in [1.29, 1.82) is 0 Å². The van der Waals surface area contributed by atoms with Gasteiger partial charge in [0.05, 0.1) is 0 Å². The largest absolute Gasteiger partial charge is 0.323 e. The Morgan fingerprint density at radius 3 is 2.52 bits per heavy atom. The Morgan fingerprint density at radius 2 is 1.81 bits per heavy atom. The molecular formula is C17H26FN3. The smallest absolute Gasteiger partial charge is 0.123 e. The van der Waals surface area contributed by atoms with Crippen LogP contribution in [0.25, 0.3) is 0 Å². The summed E-state index contributed by atoms with van der Waals surface area (Å²) in [5.74, 6) is -0.202. The molecule has 0 radical (unpaired) electrons. The zero-order chi connectivity index (χ0) is 15.0. The number of hydrogen-bond donors (Lipinski definition) is 1. The molecule has 3 rings (SSSR count). The van der Waals surface area contributed by atoms with Crippen molar-refractivity contribution in [2.45, 2.75) is 50.4 Å². The molecule has 0 amide bonds. The molecule has 1 aromatic rings. The summed E-state index contributed by atoms with van der Waals surface area (Å²) in [5.41, 5.74) is 7.45. The van der Waals surface area contributed by atoms with Crippen LogP contribution >= 0.6 is 0 Å². The number of likely N-dealkylation sites (tertiary alicyclic amines) is 1. The number of fused-ring (bicyclic) bond motifs is 2. The highest BCUT2D eigenvalue weighted by atomic mass is 19.1. The predicted octanol–water partition coefficient (Wildman–Crippen LogP) is 2.38. The number of hydrogen-bond acceptors (Lipinski definition) is 3. The maximum Gasteiger partial charge on any atom is 0.123 e. The zero-order valence-electron chi connectivity index (χ0n) is 13.0. The summed E-state index contributed by atoms with van der Waals surface area (Å²) in [6, 6.07) is 8.25. The van der Waals surface area contributed by atoms with Gasteiger partial charge in [-0.1, -0.05) is 12.1 Å². The number of nitrogens with two attached hydrogens (primary N) is 1. The molecule has 116 valence electrons. The molecule has 2 aliphatic heterocycles. The van der Waals surface area contributed by atoms with E-state index in [4.69, 9.17) is 5.73 Å². The summed E-state index contributed by atoms with van der Waals surface area (Å²) >= 11 is 0. The lowest BCUT2D eigenvalue weighted by atomic mass is 9.98. The molecule has 2 aliphatic rings. The van der Waals surface area contributed by atoms with Gasteiger partial charge in [-0.2, -0.15) is 0 Å². The highest BCUT2D eigenvalue weighted by Gasteiger charge is 2.36. The molecule has 3 nitrogen and oxygen atoms in total. The lowest BCUT2D eigenvalue weighted by molar-refractivity contribution is 0.162. The first-order valence-corrected chi connectivity index (χ1v) is 8.03. The molecule has 1 aromatic carbocycles. The summed E-state index contributed by atoms with van der Waals surface area (Å²) < 4.78 is 13.0. The quantitative estimate of drug-likeness (QED) is 0.928. The normalized spacial score (nSPS) is 30.1. The number of likely N-dealkylation sites (N-methyl/N-ethyl adjacent to an activating group) is 1. The van der Waals surface area contributed by atoms with Gasteiger partial charge in [0.15, 0.2) is 0 Å². The maximum atomic E-state index is 13.0. The fourth-order valence-corrected chi connectivity index (χ4v) is 3.90. The third-order valence-corrected chi connectivity index (χ3v) is 5.53. The van der Waals surface area contributed by atoms with Crippen molar-refractivity contribution in [3.05, 3.63) is 35.6 Å². The van der Waals surface area contributed by atoms with E-state index in [1.807, 2.05) is 12.1 Å². The van der Waals surface area contributed by atoms with Crippen molar-refractivity contribution in [2.75, 3.05) is 20.1 Å². The Morgan fingerprint density at radius 1 is 1.14 bits per heavy atom. The third-order valence-electron chi connectivity index (χ3n) is 5.53. The topological polar surface area (TPSA) is 32.5 Å². The molecule has 2 heterocycles. The van der Waals surface area contributed by atoms with Gasteiger partial charge in [0.2, 0.25) is 0 Å². The minimum atomic E-state index is -0.202. The predicted molar refractivity (Wildman–Crippen MR) is 83.6 cm³/mol.